The Hall–Kier alpha value is -2.66. The van der Waals surface area contributed by atoms with Crippen LogP contribution in [0.15, 0.2) is 59.1 Å². The van der Waals surface area contributed by atoms with Gasteiger partial charge in [0, 0.05) is 11.9 Å². The van der Waals surface area contributed by atoms with Crippen molar-refractivity contribution < 1.29 is 14.4 Å². The van der Waals surface area contributed by atoms with Gasteiger partial charge in [-0.2, -0.15) is 0 Å². The summed E-state index contributed by atoms with van der Waals surface area (Å²) in [6.45, 7) is 0.407. The molecule has 0 aliphatic heterocycles. The largest absolute Gasteiger partial charge is 0.388 e. The lowest BCUT2D eigenvalue weighted by Crippen LogP contribution is -2.27. The van der Waals surface area contributed by atoms with E-state index in [2.05, 4.69) is 10.5 Å². The lowest BCUT2D eigenvalue weighted by atomic mass is 10.1. The molecule has 0 aliphatic carbocycles. The molecule has 3 aromatic rings. The van der Waals surface area contributed by atoms with Gasteiger partial charge < -0.3 is 14.9 Å². The fraction of sp³-hybridized carbons (Fsp3) is 0.222. The molecule has 3 rings (SSSR count). The summed E-state index contributed by atoms with van der Waals surface area (Å²) < 4.78 is 5.18. The van der Waals surface area contributed by atoms with E-state index in [0.29, 0.717) is 24.2 Å². The molecule has 1 aromatic heterocycles. The first-order chi connectivity index (χ1) is 11.2. The summed E-state index contributed by atoms with van der Waals surface area (Å²) in [5.41, 5.74) is 2.15. The molecule has 23 heavy (non-hydrogen) atoms. The Morgan fingerprint density at radius 3 is 2.70 bits per heavy atom. The molecule has 2 N–H and O–H groups in total. The van der Waals surface area contributed by atoms with Gasteiger partial charge >= 0.3 is 0 Å². The standard InChI is InChI=1S/C18H18N2O3/c21-16(13-6-2-1-3-7-13)10-11-19-18(22)12-15-14-8-4-5-9-17(14)23-20-15/h1-9,16,21H,10-12H2,(H,19,22). The van der Waals surface area contributed by atoms with Gasteiger partial charge in [-0.3, -0.25) is 4.79 Å². The van der Waals surface area contributed by atoms with E-state index in [9.17, 15) is 9.90 Å². The summed E-state index contributed by atoms with van der Waals surface area (Å²) in [5, 5.41) is 17.7. The molecule has 2 aromatic carbocycles. The molecule has 0 saturated carbocycles. The van der Waals surface area contributed by atoms with Gasteiger partial charge in [-0.25, -0.2) is 0 Å². The molecule has 1 atom stereocenters. The van der Waals surface area contributed by atoms with Crippen LogP contribution in [0, 0.1) is 0 Å². The van der Waals surface area contributed by atoms with Crippen LogP contribution in [0.5, 0.6) is 0 Å². The first-order valence-corrected chi connectivity index (χ1v) is 7.57. The van der Waals surface area contributed by atoms with E-state index in [-0.39, 0.29) is 12.3 Å². The molecule has 0 saturated heterocycles. The van der Waals surface area contributed by atoms with Gasteiger partial charge in [-0.15, -0.1) is 0 Å². The van der Waals surface area contributed by atoms with Gasteiger partial charge in [0.25, 0.3) is 0 Å². The molecule has 1 unspecified atom stereocenters. The van der Waals surface area contributed by atoms with Crippen LogP contribution in [0.4, 0.5) is 0 Å². The first kappa shape index (κ1) is 15.2. The summed E-state index contributed by atoms with van der Waals surface area (Å²) in [4.78, 5) is 12.0. The van der Waals surface area contributed by atoms with E-state index >= 15 is 0 Å². The Morgan fingerprint density at radius 1 is 1.13 bits per heavy atom. The molecule has 0 radical (unpaired) electrons. The Morgan fingerprint density at radius 2 is 1.87 bits per heavy atom. The molecular formula is C18H18N2O3. The third-order valence-electron chi connectivity index (χ3n) is 3.70. The number of rotatable bonds is 6. The zero-order chi connectivity index (χ0) is 16.1. The molecule has 118 valence electrons. The number of amides is 1. The first-order valence-electron chi connectivity index (χ1n) is 7.57. The van der Waals surface area contributed by atoms with Gasteiger partial charge in [-0.1, -0.05) is 47.6 Å². The fourth-order valence-electron chi connectivity index (χ4n) is 2.47. The average Bonchev–Trinajstić information content (AvgIpc) is 2.99. The second-order valence-corrected chi connectivity index (χ2v) is 5.37. The highest BCUT2D eigenvalue weighted by molar-refractivity contribution is 5.86. The van der Waals surface area contributed by atoms with E-state index in [1.165, 1.54) is 0 Å². The summed E-state index contributed by atoms with van der Waals surface area (Å²) in [6.07, 6.45) is 0.0534. The number of nitrogens with one attached hydrogen (secondary N) is 1. The van der Waals surface area contributed by atoms with Crippen LogP contribution >= 0.6 is 0 Å². The van der Waals surface area contributed by atoms with E-state index < -0.39 is 6.10 Å². The fourth-order valence-corrected chi connectivity index (χ4v) is 2.47. The maximum absolute atomic E-state index is 12.0. The zero-order valence-corrected chi connectivity index (χ0v) is 12.6. The van der Waals surface area contributed by atoms with Crippen molar-refractivity contribution in [1.29, 1.82) is 0 Å². The molecule has 5 heteroatoms. The van der Waals surface area contributed by atoms with Gasteiger partial charge in [-0.05, 0) is 24.1 Å². The van der Waals surface area contributed by atoms with Crippen molar-refractivity contribution in [3.63, 3.8) is 0 Å². The number of carbonyl (C=O) groups excluding carboxylic acids is 1. The number of hydrogen-bond donors (Lipinski definition) is 2. The smallest absolute Gasteiger partial charge is 0.226 e. The average molecular weight is 310 g/mol. The van der Waals surface area contributed by atoms with Crippen LogP contribution in [0.25, 0.3) is 11.0 Å². The normalized spacial score (nSPS) is 12.2. The predicted octanol–water partition coefficient (Wildman–Crippen LogP) is 2.61. The quantitative estimate of drug-likeness (QED) is 0.734. The van der Waals surface area contributed by atoms with E-state index in [4.69, 9.17) is 4.52 Å². The van der Waals surface area contributed by atoms with Crippen molar-refractivity contribution in [1.82, 2.24) is 10.5 Å². The summed E-state index contributed by atoms with van der Waals surface area (Å²) in [7, 11) is 0. The van der Waals surface area contributed by atoms with Gasteiger partial charge in [0.05, 0.1) is 12.5 Å². The molecule has 0 aliphatic rings. The Kier molecular flexibility index (Phi) is 4.68. The van der Waals surface area contributed by atoms with Crippen LogP contribution in [0.3, 0.4) is 0 Å². The number of aromatic nitrogens is 1. The maximum atomic E-state index is 12.0. The monoisotopic (exact) mass is 310 g/mol. The van der Waals surface area contributed by atoms with Crippen LogP contribution < -0.4 is 5.32 Å². The number of fused-ring (bicyclic) bond motifs is 1. The number of carbonyl (C=O) groups is 1. The Labute approximate surface area is 133 Å². The molecule has 0 fully saturated rings. The summed E-state index contributed by atoms with van der Waals surface area (Å²) in [6, 6.07) is 16.9. The van der Waals surface area contributed by atoms with Crippen molar-refractivity contribution in [2.75, 3.05) is 6.54 Å². The van der Waals surface area contributed by atoms with Crippen molar-refractivity contribution >= 4 is 16.9 Å². The van der Waals surface area contributed by atoms with Crippen molar-refractivity contribution in [3.05, 3.63) is 65.9 Å². The van der Waals surface area contributed by atoms with Crippen LogP contribution in [-0.2, 0) is 11.2 Å². The minimum absolute atomic E-state index is 0.135. The van der Waals surface area contributed by atoms with Crippen molar-refractivity contribution in [2.45, 2.75) is 18.9 Å². The van der Waals surface area contributed by atoms with Gasteiger partial charge in [0.1, 0.15) is 5.69 Å². The number of aliphatic hydroxyl groups excluding tert-OH is 1. The highest BCUT2D eigenvalue weighted by Gasteiger charge is 2.12. The molecule has 0 spiro atoms. The Bertz CT molecular complexity index is 783. The molecule has 1 amide bonds. The third-order valence-corrected chi connectivity index (χ3v) is 3.70. The minimum atomic E-state index is -0.579. The number of nitrogens with zero attached hydrogens (tertiary/aromatic N) is 1. The van der Waals surface area contributed by atoms with E-state index in [1.807, 2.05) is 54.6 Å². The lowest BCUT2D eigenvalue weighted by molar-refractivity contribution is -0.120. The second-order valence-electron chi connectivity index (χ2n) is 5.37. The lowest BCUT2D eigenvalue weighted by Gasteiger charge is -2.11. The SMILES string of the molecule is O=C(Cc1noc2ccccc12)NCCC(O)c1ccccc1. The van der Waals surface area contributed by atoms with E-state index in [1.54, 1.807) is 0 Å². The Balaban J connectivity index is 1.50. The predicted molar refractivity (Wildman–Crippen MR) is 86.7 cm³/mol. The zero-order valence-electron chi connectivity index (χ0n) is 12.6. The second kappa shape index (κ2) is 7.07. The van der Waals surface area contributed by atoms with Crippen LogP contribution in [-0.4, -0.2) is 22.7 Å². The molecule has 5 nitrogen and oxygen atoms in total. The van der Waals surface area contributed by atoms with Gasteiger partial charge in [0.2, 0.25) is 5.91 Å². The third kappa shape index (κ3) is 3.76. The molecular weight excluding hydrogens is 292 g/mol. The number of para-hydroxylation sites is 1. The topological polar surface area (TPSA) is 75.4 Å². The van der Waals surface area contributed by atoms with Gasteiger partial charge in [0.15, 0.2) is 5.58 Å². The van der Waals surface area contributed by atoms with Crippen LogP contribution in [0.1, 0.15) is 23.8 Å². The highest BCUT2D eigenvalue weighted by Crippen LogP contribution is 2.18. The minimum Gasteiger partial charge on any atom is -0.388 e. The maximum Gasteiger partial charge on any atom is 0.226 e. The number of benzene rings is 2. The molecule has 0 bridgehead atoms. The molecule has 1 heterocycles. The summed E-state index contributed by atoms with van der Waals surface area (Å²) >= 11 is 0. The van der Waals surface area contributed by atoms with E-state index in [0.717, 1.165) is 10.9 Å². The van der Waals surface area contributed by atoms with Crippen molar-refractivity contribution in [3.8, 4) is 0 Å². The van der Waals surface area contributed by atoms with Crippen molar-refractivity contribution in [2.24, 2.45) is 0 Å². The highest BCUT2D eigenvalue weighted by atomic mass is 16.5. The van der Waals surface area contributed by atoms with Crippen LogP contribution in [0.2, 0.25) is 0 Å². The number of aliphatic hydroxyl groups is 1. The number of hydrogen-bond acceptors (Lipinski definition) is 4. The summed E-state index contributed by atoms with van der Waals surface area (Å²) in [5.74, 6) is -0.135.